The van der Waals surface area contributed by atoms with Crippen molar-refractivity contribution in [2.24, 2.45) is 16.0 Å². The molecule has 0 aromatic heterocycles. The van der Waals surface area contributed by atoms with Crippen LogP contribution in [0.4, 0.5) is 5.69 Å². The predicted molar refractivity (Wildman–Crippen MR) is 82.0 cm³/mol. The summed E-state index contributed by atoms with van der Waals surface area (Å²) in [5.41, 5.74) is 5.89. The average Bonchev–Trinajstić information content (AvgIpc) is 2.45. The van der Waals surface area contributed by atoms with Crippen LogP contribution in [0, 0.1) is 0 Å². The van der Waals surface area contributed by atoms with Gasteiger partial charge in [0.05, 0.1) is 11.4 Å². The Morgan fingerprint density at radius 2 is 1.65 bits per heavy atom. The van der Waals surface area contributed by atoms with E-state index in [4.69, 9.17) is 10.3 Å². The highest BCUT2D eigenvalue weighted by molar-refractivity contribution is 7.91. The highest BCUT2D eigenvalue weighted by Gasteiger charge is 2.51. The molecule has 2 rings (SSSR count). The van der Waals surface area contributed by atoms with Crippen LogP contribution in [0.2, 0.25) is 0 Å². The molecule has 0 unspecified atom stereocenters. The van der Waals surface area contributed by atoms with Crippen molar-refractivity contribution < 1.29 is 25.9 Å². The second-order valence-corrected chi connectivity index (χ2v) is 7.92. The maximum absolute atomic E-state index is 11.4. The van der Waals surface area contributed by atoms with Gasteiger partial charge in [0.15, 0.2) is 4.87 Å². The zero-order valence-corrected chi connectivity index (χ0v) is 13.1. The largest absolute Gasteiger partial charge is 0.306 e. The van der Waals surface area contributed by atoms with Crippen molar-refractivity contribution >= 4 is 25.9 Å². The third-order valence-corrected chi connectivity index (χ3v) is 5.69. The summed E-state index contributed by atoms with van der Waals surface area (Å²) in [7, 11) is -9.94. The molecule has 4 N–H and O–H groups in total. The summed E-state index contributed by atoms with van der Waals surface area (Å²) in [6.07, 6.45) is 2.62. The molecule has 0 radical (unpaired) electrons. The Hall–Kier alpha value is -1.92. The monoisotopic (exact) mass is 359 g/mol. The topological polar surface area (TPSA) is 159 Å². The molecule has 124 valence electrons. The van der Waals surface area contributed by atoms with Crippen LogP contribution in [0.15, 0.2) is 64.5 Å². The smallest absolute Gasteiger partial charge is 0.289 e. The lowest BCUT2D eigenvalue weighted by Crippen LogP contribution is -2.58. The number of allylic oxidation sites excluding steroid dienone is 1. The van der Waals surface area contributed by atoms with E-state index in [0.29, 0.717) is 5.69 Å². The molecule has 0 saturated carbocycles. The fourth-order valence-electron chi connectivity index (χ4n) is 1.88. The number of rotatable bonds is 4. The summed E-state index contributed by atoms with van der Waals surface area (Å²) >= 11 is 0. The molecule has 1 aliphatic carbocycles. The lowest BCUT2D eigenvalue weighted by Gasteiger charge is -2.29. The fraction of sp³-hybridized carbons (Fsp3) is 0.167. The van der Waals surface area contributed by atoms with Crippen LogP contribution in [0.3, 0.4) is 0 Å². The van der Waals surface area contributed by atoms with E-state index in [0.717, 1.165) is 18.2 Å². The molecule has 0 spiro atoms. The normalized spacial score (nSPS) is 25.5. The minimum Gasteiger partial charge on any atom is -0.306 e. The molecule has 9 nitrogen and oxygen atoms in total. The van der Waals surface area contributed by atoms with Gasteiger partial charge in [0.1, 0.15) is 5.25 Å². The van der Waals surface area contributed by atoms with Crippen LogP contribution < -0.4 is 5.73 Å². The summed E-state index contributed by atoms with van der Waals surface area (Å²) in [5.74, 6) is 0. The molecule has 1 aliphatic rings. The standard InChI is InChI=1S/C12H13N3O6S2/c13-12(23(19,20)21)7-6-10(8-11(12)22(16,17)18)15-14-9-4-2-1-3-5-9/h1-8,11H,13H2,(H,16,17,18)(H,19,20,21)/t11-,12+/m1/s1. The van der Waals surface area contributed by atoms with Gasteiger partial charge in [-0.3, -0.25) is 9.11 Å². The summed E-state index contributed by atoms with van der Waals surface area (Å²) < 4.78 is 64.0. The SMILES string of the molecule is N[C@]1(S(=O)(=O)O)C=CC(N=Nc2ccccc2)=C[C@H]1S(=O)(=O)O. The molecule has 1 aromatic carbocycles. The van der Waals surface area contributed by atoms with Gasteiger partial charge in [0, 0.05) is 0 Å². The quantitative estimate of drug-likeness (QED) is 0.534. The second kappa shape index (κ2) is 5.94. The number of nitrogens with zero attached hydrogens (tertiary/aromatic N) is 2. The van der Waals surface area contributed by atoms with Gasteiger partial charge in [0.2, 0.25) is 0 Å². The van der Waals surface area contributed by atoms with Crippen molar-refractivity contribution in [1.29, 1.82) is 0 Å². The van der Waals surface area contributed by atoms with Crippen LogP contribution in [0.25, 0.3) is 0 Å². The van der Waals surface area contributed by atoms with Crippen molar-refractivity contribution in [3.05, 3.63) is 54.3 Å². The van der Waals surface area contributed by atoms with Crippen molar-refractivity contribution in [1.82, 2.24) is 0 Å². The first-order chi connectivity index (χ1) is 10.5. The Kier molecular flexibility index (Phi) is 4.50. The van der Waals surface area contributed by atoms with Crippen molar-refractivity contribution in [3.63, 3.8) is 0 Å². The molecular formula is C12H13N3O6S2. The van der Waals surface area contributed by atoms with E-state index in [2.05, 4.69) is 10.2 Å². The summed E-state index contributed by atoms with van der Waals surface area (Å²) in [5, 5.41) is 5.46. The van der Waals surface area contributed by atoms with Crippen LogP contribution in [-0.2, 0) is 20.2 Å². The van der Waals surface area contributed by atoms with Gasteiger partial charge < -0.3 is 5.73 Å². The molecule has 0 fully saturated rings. The van der Waals surface area contributed by atoms with E-state index in [-0.39, 0.29) is 5.70 Å². The Morgan fingerprint density at radius 1 is 1.04 bits per heavy atom. The summed E-state index contributed by atoms with van der Waals surface area (Å²) in [4.78, 5) is -2.72. The molecule has 0 bridgehead atoms. The molecule has 0 aliphatic heterocycles. The van der Waals surface area contributed by atoms with Gasteiger partial charge in [0.25, 0.3) is 20.2 Å². The third-order valence-electron chi connectivity index (χ3n) is 3.09. The Balaban J connectivity index is 2.43. The molecule has 1 aromatic rings. The Morgan fingerprint density at radius 3 is 2.17 bits per heavy atom. The first-order valence-electron chi connectivity index (χ1n) is 6.14. The van der Waals surface area contributed by atoms with Crippen LogP contribution in [0.1, 0.15) is 0 Å². The summed E-state index contributed by atoms with van der Waals surface area (Å²) in [6.45, 7) is 0. The van der Waals surface area contributed by atoms with E-state index in [9.17, 15) is 21.4 Å². The molecule has 0 heterocycles. The fourth-order valence-corrected chi connectivity index (χ4v) is 4.07. The molecule has 2 atom stereocenters. The first-order valence-corrected chi connectivity index (χ1v) is 9.08. The minimum absolute atomic E-state index is 0.0406. The Labute approximate surface area is 132 Å². The van der Waals surface area contributed by atoms with E-state index >= 15 is 0 Å². The number of benzene rings is 1. The second-order valence-electron chi connectivity index (χ2n) is 4.72. The number of hydrogen-bond acceptors (Lipinski definition) is 7. The maximum atomic E-state index is 11.4. The van der Waals surface area contributed by atoms with Crippen molar-refractivity contribution in [2.45, 2.75) is 10.1 Å². The van der Waals surface area contributed by atoms with E-state index in [1.165, 1.54) is 0 Å². The highest BCUT2D eigenvalue weighted by atomic mass is 32.2. The maximum Gasteiger partial charge on any atom is 0.289 e. The minimum atomic E-state index is -5.01. The number of hydrogen-bond donors (Lipinski definition) is 3. The summed E-state index contributed by atoms with van der Waals surface area (Å²) in [6, 6.07) is 8.47. The van der Waals surface area contributed by atoms with Gasteiger partial charge in [-0.2, -0.15) is 27.1 Å². The number of azo groups is 1. The predicted octanol–water partition coefficient (Wildman–Crippen LogP) is 1.02. The van der Waals surface area contributed by atoms with E-state index in [1.807, 2.05) is 0 Å². The van der Waals surface area contributed by atoms with Gasteiger partial charge in [-0.25, -0.2) is 0 Å². The highest BCUT2D eigenvalue weighted by Crippen LogP contribution is 2.29. The average molecular weight is 359 g/mol. The van der Waals surface area contributed by atoms with Gasteiger partial charge >= 0.3 is 0 Å². The van der Waals surface area contributed by atoms with Gasteiger partial charge in [-0.05, 0) is 30.4 Å². The lowest BCUT2D eigenvalue weighted by molar-refractivity contribution is 0.427. The van der Waals surface area contributed by atoms with Crippen LogP contribution >= 0.6 is 0 Å². The first kappa shape index (κ1) is 17.4. The molecule has 23 heavy (non-hydrogen) atoms. The zero-order valence-electron chi connectivity index (χ0n) is 11.5. The zero-order chi connectivity index (χ0) is 17.3. The van der Waals surface area contributed by atoms with Gasteiger partial charge in [-0.1, -0.05) is 18.2 Å². The molecular weight excluding hydrogens is 346 g/mol. The van der Waals surface area contributed by atoms with Crippen LogP contribution in [-0.4, -0.2) is 36.1 Å². The van der Waals surface area contributed by atoms with Crippen molar-refractivity contribution in [3.8, 4) is 0 Å². The van der Waals surface area contributed by atoms with Gasteiger partial charge in [-0.15, -0.1) is 0 Å². The number of nitrogens with two attached hydrogens (primary N) is 1. The lowest BCUT2D eigenvalue weighted by atomic mass is 10.1. The van der Waals surface area contributed by atoms with E-state index < -0.39 is 30.4 Å². The van der Waals surface area contributed by atoms with E-state index in [1.54, 1.807) is 30.3 Å². The van der Waals surface area contributed by atoms with Crippen LogP contribution in [0.5, 0.6) is 0 Å². The molecule has 11 heteroatoms. The third kappa shape index (κ3) is 3.71. The molecule has 0 saturated heterocycles. The van der Waals surface area contributed by atoms with Crippen molar-refractivity contribution in [2.75, 3.05) is 0 Å². The Bertz CT molecular complexity index is 890. The molecule has 0 amide bonds.